The third-order valence-corrected chi connectivity index (χ3v) is 3.85. The monoisotopic (exact) mass is 412 g/mol. The summed E-state index contributed by atoms with van der Waals surface area (Å²) < 4.78 is 7.97. The van der Waals surface area contributed by atoms with E-state index < -0.39 is 0 Å². The number of rotatable bonds is 7. The summed E-state index contributed by atoms with van der Waals surface area (Å²) in [5.74, 6) is 0.904. The Morgan fingerprint density at radius 3 is 2.76 bits per heavy atom. The van der Waals surface area contributed by atoms with Gasteiger partial charge in [0.15, 0.2) is 0 Å². The van der Waals surface area contributed by atoms with Crippen LogP contribution in [0.15, 0.2) is 45.6 Å². The van der Waals surface area contributed by atoms with Crippen molar-refractivity contribution in [1.29, 1.82) is 0 Å². The number of aromatic nitrogens is 1. The predicted molar refractivity (Wildman–Crippen MR) is 92.4 cm³/mol. The second kappa shape index (κ2) is 8.51. The van der Waals surface area contributed by atoms with E-state index in [4.69, 9.17) is 4.74 Å². The molecule has 1 heterocycles. The maximum Gasteiger partial charge on any atom is 0.124 e. The van der Waals surface area contributed by atoms with Gasteiger partial charge < -0.3 is 10.1 Å². The summed E-state index contributed by atoms with van der Waals surface area (Å²) in [6.07, 6.45) is 4.70. The third-order valence-electron chi connectivity index (χ3n) is 2.92. The quantitative estimate of drug-likeness (QED) is 0.668. The molecule has 3 nitrogen and oxygen atoms in total. The second-order valence-corrected chi connectivity index (χ2v) is 6.56. The molecule has 0 saturated heterocycles. The molecule has 5 heteroatoms. The van der Waals surface area contributed by atoms with Crippen molar-refractivity contribution in [3.05, 3.63) is 56.7 Å². The first-order valence-electron chi connectivity index (χ1n) is 6.90. The smallest absolute Gasteiger partial charge is 0.124 e. The maximum atomic E-state index is 5.94. The molecule has 2 rings (SSSR count). The lowest BCUT2D eigenvalue weighted by Crippen LogP contribution is -2.14. The molecule has 1 aromatic carbocycles. The highest BCUT2D eigenvalue weighted by atomic mass is 79.9. The number of hydrogen-bond donors (Lipinski definition) is 1. The lowest BCUT2D eigenvalue weighted by Gasteiger charge is -2.13. The summed E-state index contributed by atoms with van der Waals surface area (Å²) in [7, 11) is 0. The Bertz CT molecular complexity index is 590. The molecule has 0 unspecified atom stereocenters. The van der Waals surface area contributed by atoms with Crippen LogP contribution in [0.2, 0.25) is 0 Å². The predicted octanol–water partition coefficient (Wildman–Crippen LogP) is 4.69. The highest BCUT2D eigenvalue weighted by Crippen LogP contribution is 2.24. The normalized spacial score (nSPS) is 10.6. The largest absolute Gasteiger partial charge is 0.489 e. The molecule has 0 bridgehead atoms. The van der Waals surface area contributed by atoms with Gasteiger partial charge in [0.2, 0.25) is 0 Å². The van der Waals surface area contributed by atoms with Crippen molar-refractivity contribution >= 4 is 31.9 Å². The van der Waals surface area contributed by atoms with Gasteiger partial charge in [-0.25, -0.2) is 0 Å². The zero-order chi connectivity index (χ0) is 15.1. The molecule has 0 fully saturated rings. The first-order valence-corrected chi connectivity index (χ1v) is 8.49. The molecule has 0 saturated carbocycles. The van der Waals surface area contributed by atoms with Gasteiger partial charge >= 0.3 is 0 Å². The molecule has 0 atom stereocenters. The van der Waals surface area contributed by atoms with E-state index in [2.05, 4.69) is 55.2 Å². The lowest BCUT2D eigenvalue weighted by molar-refractivity contribution is 0.301. The zero-order valence-electron chi connectivity index (χ0n) is 11.9. The first-order chi connectivity index (χ1) is 10.2. The van der Waals surface area contributed by atoms with Crippen LogP contribution >= 0.6 is 31.9 Å². The molecule has 1 aromatic heterocycles. The number of pyridine rings is 1. The fraction of sp³-hybridized carbons (Fsp3) is 0.312. The van der Waals surface area contributed by atoms with Crippen molar-refractivity contribution in [2.45, 2.75) is 26.5 Å². The summed E-state index contributed by atoms with van der Waals surface area (Å²) >= 11 is 6.93. The molecule has 2 aromatic rings. The van der Waals surface area contributed by atoms with E-state index in [1.54, 1.807) is 6.20 Å². The van der Waals surface area contributed by atoms with Crippen molar-refractivity contribution in [3.8, 4) is 5.75 Å². The van der Waals surface area contributed by atoms with E-state index in [0.717, 1.165) is 45.3 Å². The fourth-order valence-corrected chi connectivity index (χ4v) is 2.74. The topological polar surface area (TPSA) is 34.1 Å². The fourth-order valence-electron chi connectivity index (χ4n) is 1.92. The van der Waals surface area contributed by atoms with Gasteiger partial charge in [-0.05, 0) is 53.2 Å². The van der Waals surface area contributed by atoms with Crippen LogP contribution in [-0.4, -0.2) is 11.5 Å². The van der Waals surface area contributed by atoms with E-state index in [1.165, 1.54) is 0 Å². The molecule has 112 valence electrons. The van der Waals surface area contributed by atoms with Gasteiger partial charge in [0.25, 0.3) is 0 Å². The number of nitrogens with one attached hydrogen (secondary N) is 1. The Hall–Kier alpha value is -0.910. The van der Waals surface area contributed by atoms with Gasteiger partial charge in [0.1, 0.15) is 12.4 Å². The van der Waals surface area contributed by atoms with Gasteiger partial charge in [-0.2, -0.15) is 0 Å². The molecule has 1 N–H and O–H groups in total. The molecule has 0 aliphatic rings. The summed E-state index contributed by atoms with van der Waals surface area (Å²) in [5, 5.41) is 3.41. The van der Waals surface area contributed by atoms with E-state index in [1.807, 2.05) is 24.4 Å². The average Bonchev–Trinajstić information content (AvgIpc) is 2.47. The van der Waals surface area contributed by atoms with E-state index in [-0.39, 0.29) is 0 Å². The minimum absolute atomic E-state index is 0.509. The van der Waals surface area contributed by atoms with E-state index >= 15 is 0 Å². The standard InChI is InChI=1S/C16H18Br2N2O/c1-2-5-19-9-13-7-14(17)3-4-16(13)21-11-12-6-15(18)10-20-8-12/h3-4,6-8,10,19H,2,5,9,11H2,1H3. The van der Waals surface area contributed by atoms with Crippen molar-refractivity contribution in [2.75, 3.05) is 6.54 Å². The first kappa shape index (κ1) is 16.5. The molecule has 0 radical (unpaired) electrons. The summed E-state index contributed by atoms with van der Waals surface area (Å²) in [4.78, 5) is 4.15. The molecule has 0 aliphatic heterocycles. The maximum absolute atomic E-state index is 5.94. The Kier molecular flexibility index (Phi) is 6.67. The number of benzene rings is 1. The Morgan fingerprint density at radius 2 is 2.00 bits per heavy atom. The Morgan fingerprint density at radius 1 is 1.14 bits per heavy atom. The molecule has 21 heavy (non-hydrogen) atoms. The van der Waals surface area contributed by atoms with Crippen molar-refractivity contribution in [3.63, 3.8) is 0 Å². The van der Waals surface area contributed by atoms with Gasteiger partial charge in [-0.3, -0.25) is 4.98 Å². The van der Waals surface area contributed by atoms with Crippen LogP contribution < -0.4 is 10.1 Å². The molecular weight excluding hydrogens is 396 g/mol. The van der Waals surface area contributed by atoms with Crippen LogP contribution in [0.25, 0.3) is 0 Å². The van der Waals surface area contributed by atoms with Gasteiger partial charge in [-0.1, -0.05) is 22.9 Å². The number of ether oxygens (including phenoxy) is 1. The zero-order valence-corrected chi connectivity index (χ0v) is 15.1. The van der Waals surface area contributed by atoms with Gasteiger partial charge in [0.05, 0.1) is 0 Å². The molecular formula is C16H18Br2N2O. The minimum atomic E-state index is 0.509. The summed E-state index contributed by atoms with van der Waals surface area (Å²) in [6.45, 7) is 4.47. The van der Waals surface area contributed by atoms with Crippen molar-refractivity contribution in [2.24, 2.45) is 0 Å². The minimum Gasteiger partial charge on any atom is -0.489 e. The highest BCUT2D eigenvalue weighted by molar-refractivity contribution is 9.10. The summed E-state index contributed by atoms with van der Waals surface area (Å²) in [5.41, 5.74) is 2.19. The van der Waals surface area contributed by atoms with Gasteiger partial charge in [0, 0.05) is 39.0 Å². The van der Waals surface area contributed by atoms with Crippen LogP contribution in [0.3, 0.4) is 0 Å². The van der Waals surface area contributed by atoms with Crippen LogP contribution in [-0.2, 0) is 13.2 Å². The molecule has 0 spiro atoms. The number of nitrogens with zero attached hydrogens (tertiary/aromatic N) is 1. The third kappa shape index (κ3) is 5.41. The van der Waals surface area contributed by atoms with Crippen LogP contribution in [0.4, 0.5) is 0 Å². The van der Waals surface area contributed by atoms with Gasteiger partial charge in [-0.15, -0.1) is 0 Å². The Labute approximate surface area is 142 Å². The number of hydrogen-bond acceptors (Lipinski definition) is 3. The molecule has 0 amide bonds. The van der Waals surface area contributed by atoms with Crippen LogP contribution in [0.5, 0.6) is 5.75 Å². The van der Waals surface area contributed by atoms with E-state index in [9.17, 15) is 0 Å². The second-order valence-electron chi connectivity index (χ2n) is 4.73. The number of halogens is 2. The van der Waals surface area contributed by atoms with Crippen molar-refractivity contribution in [1.82, 2.24) is 10.3 Å². The van der Waals surface area contributed by atoms with Crippen molar-refractivity contribution < 1.29 is 4.74 Å². The lowest BCUT2D eigenvalue weighted by atomic mass is 10.2. The van der Waals surface area contributed by atoms with Crippen LogP contribution in [0, 0.1) is 0 Å². The Balaban J connectivity index is 2.04. The van der Waals surface area contributed by atoms with E-state index in [0.29, 0.717) is 6.61 Å². The average molecular weight is 414 g/mol. The van der Waals surface area contributed by atoms with Crippen LogP contribution in [0.1, 0.15) is 24.5 Å². The highest BCUT2D eigenvalue weighted by Gasteiger charge is 2.05. The SMILES string of the molecule is CCCNCc1cc(Br)ccc1OCc1cncc(Br)c1. The summed E-state index contributed by atoms with van der Waals surface area (Å²) in [6, 6.07) is 8.11. The molecule has 0 aliphatic carbocycles.